The number of aromatic nitrogens is 2. The van der Waals surface area contributed by atoms with Crippen molar-refractivity contribution in [2.45, 2.75) is 43.9 Å². The molecular formula is C25H30FN5O3. The van der Waals surface area contributed by atoms with Crippen LogP contribution < -0.4 is 10.1 Å². The molecule has 0 amide bonds. The van der Waals surface area contributed by atoms with Crippen molar-refractivity contribution in [1.29, 1.82) is 0 Å². The number of aliphatic imine (C=N–C) groups is 1. The van der Waals surface area contributed by atoms with Gasteiger partial charge in [-0.1, -0.05) is 6.08 Å². The van der Waals surface area contributed by atoms with Crippen molar-refractivity contribution < 1.29 is 18.6 Å². The summed E-state index contributed by atoms with van der Waals surface area (Å²) in [5, 5.41) is 7.89. The second kappa shape index (κ2) is 9.13. The third-order valence-electron chi connectivity index (χ3n) is 7.18. The van der Waals surface area contributed by atoms with Gasteiger partial charge in [0.1, 0.15) is 29.8 Å². The van der Waals surface area contributed by atoms with Gasteiger partial charge in [0, 0.05) is 56.2 Å². The van der Waals surface area contributed by atoms with Gasteiger partial charge >= 0.3 is 0 Å². The van der Waals surface area contributed by atoms with Gasteiger partial charge in [-0.05, 0) is 30.5 Å². The molecule has 2 aromatic rings. The van der Waals surface area contributed by atoms with Gasteiger partial charge in [0.15, 0.2) is 5.79 Å². The van der Waals surface area contributed by atoms with E-state index in [4.69, 9.17) is 19.2 Å². The van der Waals surface area contributed by atoms with E-state index in [1.165, 1.54) is 12.1 Å². The molecule has 3 aliphatic heterocycles. The fourth-order valence-electron chi connectivity index (χ4n) is 5.43. The highest BCUT2D eigenvalue weighted by atomic mass is 19.1. The van der Waals surface area contributed by atoms with Crippen LogP contribution in [0, 0.1) is 5.82 Å². The average molecular weight is 468 g/mol. The predicted molar refractivity (Wildman–Crippen MR) is 127 cm³/mol. The lowest BCUT2D eigenvalue weighted by Gasteiger charge is -2.40. The molecule has 0 unspecified atom stereocenters. The molecule has 2 fully saturated rings. The number of hydrogen-bond donors (Lipinski definition) is 1. The van der Waals surface area contributed by atoms with Crippen LogP contribution in [0.1, 0.15) is 32.1 Å². The Bertz CT molecular complexity index is 1100. The molecule has 0 atom stereocenters. The molecule has 34 heavy (non-hydrogen) atoms. The number of fused-ring (bicyclic) bond motifs is 4. The number of halogens is 1. The van der Waals surface area contributed by atoms with Crippen LogP contribution in [0.5, 0.6) is 5.75 Å². The highest BCUT2D eigenvalue weighted by molar-refractivity contribution is 6.00. The summed E-state index contributed by atoms with van der Waals surface area (Å²) < 4.78 is 34.1. The Morgan fingerprint density at radius 1 is 1.06 bits per heavy atom. The predicted octanol–water partition coefficient (Wildman–Crippen LogP) is 3.75. The first-order chi connectivity index (χ1) is 16.7. The minimum atomic E-state index is -0.370. The van der Waals surface area contributed by atoms with Crippen LogP contribution in [-0.2, 0) is 9.47 Å². The first-order valence-electron chi connectivity index (χ1n) is 12.2. The zero-order chi connectivity index (χ0) is 23.0. The molecule has 1 spiro atoms. The Morgan fingerprint density at radius 3 is 2.76 bits per heavy atom. The van der Waals surface area contributed by atoms with Gasteiger partial charge in [-0.3, -0.25) is 9.89 Å². The molecule has 1 saturated heterocycles. The van der Waals surface area contributed by atoms with Crippen molar-refractivity contribution in [2.75, 3.05) is 44.8 Å². The Balaban J connectivity index is 1.26. The summed E-state index contributed by atoms with van der Waals surface area (Å²) in [6.07, 6.45) is 10.3. The lowest BCUT2D eigenvalue weighted by atomic mass is 9.89. The van der Waals surface area contributed by atoms with Crippen LogP contribution in [0.15, 0.2) is 35.5 Å². The monoisotopic (exact) mass is 467 g/mol. The molecule has 1 saturated carbocycles. The Morgan fingerprint density at radius 2 is 1.91 bits per heavy atom. The molecule has 4 heterocycles. The van der Waals surface area contributed by atoms with Gasteiger partial charge in [-0.25, -0.2) is 9.07 Å². The molecule has 8 nitrogen and oxygen atoms in total. The first-order valence-corrected chi connectivity index (χ1v) is 12.2. The molecule has 1 N–H and O–H groups in total. The van der Waals surface area contributed by atoms with Crippen LogP contribution >= 0.6 is 0 Å². The number of hydrogen-bond acceptors (Lipinski definition) is 7. The summed E-state index contributed by atoms with van der Waals surface area (Å²) in [5.41, 5.74) is 1.54. The zero-order valence-electron chi connectivity index (χ0n) is 19.2. The van der Waals surface area contributed by atoms with Crippen LogP contribution in [0.3, 0.4) is 0 Å². The third kappa shape index (κ3) is 4.35. The molecule has 1 aromatic carbocycles. The smallest absolute Gasteiger partial charge is 0.168 e. The Hall–Kier alpha value is -2.75. The zero-order valence-corrected chi connectivity index (χ0v) is 19.2. The van der Waals surface area contributed by atoms with Crippen LogP contribution in [0.2, 0.25) is 0 Å². The second-order valence-electron chi connectivity index (χ2n) is 9.29. The van der Waals surface area contributed by atoms with E-state index in [0.29, 0.717) is 44.6 Å². The first kappa shape index (κ1) is 21.8. The van der Waals surface area contributed by atoms with Gasteiger partial charge in [-0.2, -0.15) is 5.10 Å². The second-order valence-corrected chi connectivity index (χ2v) is 9.29. The number of ether oxygens (including phenoxy) is 3. The Kier molecular flexibility index (Phi) is 5.84. The molecule has 1 aliphatic carbocycles. The van der Waals surface area contributed by atoms with Crippen molar-refractivity contribution in [3.8, 4) is 16.9 Å². The van der Waals surface area contributed by atoms with E-state index in [-0.39, 0.29) is 11.6 Å². The fraction of sp³-hybridized carbons (Fsp3) is 0.520. The standard InChI is InChI=1S/C25H30FN5O3/c26-19-14-18-15-21(16-19)32-11-10-30(20-3-5-25(6-4-20)33-12-13-34-25)9-7-27-23-2-1-8-31-24(29-23)22(18)17-28-31/h1,8,14-17,20H,2-7,9-13H2,(H,27,29). The maximum absolute atomic E-state index is 14.5. The molecule has 4 bridgehead atoms. The summed E-state index contributed by atoms with van der Waals surface area (Å²) in [5.74, 6) is 1.50. The molecule has 6 rings (SSSR count). The quantitative estimate of drug-likeness (QED) is 0.689. The highest BCUT2D eigenvalue weighted by Gasteiger charge is 2.41. The van der Waals surface area contributed by atoms with Gasteiger partial charge in [0.2, 0.25) is 0 Å². The summed E-state index contributed by atoms with van der Waals surface area (Å²) in [6.45, 7) is 4.15. The van der Waals surface area contributed by atoms with E-state index < -0.39 is 0 Å². The number of amidine groups is 1. The average Bonchev–Trinajstić information content (AvgIpc) is 3.40. The SMILES string of the molecule is Fc1cc2cc(c1)-c1cnn3c1NC(=NCCN(C1CCC4(CC1)OCCO4)CCO2)CC=C3. The lowest BCUT2D eigenvalue weighted by Crippen LogP contribution is -2.46. The minimum Gasteiger partial charge on any atom is -0.492 e. The lowest BCUT2D eigenvalue weighted by molar-refractivity contribution is -0.184. The number of benzene rings is 1. The van der Waals surface area contributed by atoms with Crippen LogP contribution in [0.25, 0.3) is 17.3 Å². The largest absolute Gasteiger partial charge is 0.492 e. The molecule has 4 aliphatic rings. The van der Waals surface area contributed by atoms with Gasteiger partial charge in [-0.15, -0.1) is 0 Å². The number of anilines is 1. The number of nitrogens with zero attached hydrogens (tertiary/aromatic N) is 4. The van der Waals surface area contributed by atoms with Crippen molar-refractivity contribution in [1.82, 2.24) is 14.7 Å². The summed E-state index contributed by atoms with van der Waals surface area (Å²) in [4.78, 5) is 7.34. The third-order valence-corrected chi connectivity index (χ3v) is 7.18. The maximum atomic E-state index is 14.5. The van der Waals surface area contributed by atoms with Gasteiger partial charge < -0.3 is 19.5 Å². The Labute approximate surface area is 198 Å². The topological polar surface area (TPSA) is 73.1 Å². The molecule has 1 aromatic heterocycles. The van der Waals surface area contributed by atoms with Crippen molar-refractivity contribution in [2.24, 2.45) is 4.99 Å². The van der Waals surface area contributed by atoms with Crippen molar-refractivity contribution >= 4 is 17.9 Å². The van der Waals surface area contributed by atoms with E-state index in [1.54, 1.807) is 10.9 Å². The van der Waals surface area contributed by atoms with E-state index in [0.717, 1.165) is 61.6 Å². The van der Waals surface area contributed by atoms with Crippen molar-refractivity contribution in [3.05, 3.63) is 36.3 Å². The van der Waals surface area contributed by atoms with E-state index >= 15 is 0 Å². The van der Waals surface area contributed by atoms with Crippen LogP contribution in [0.4, 0.5) is 10.2 Å². The van der Waals surface area contributed by atoms with E-state index in [9.17, 15) is 4.39 Å². The highest BCUT2D eigenvalue weighted by Crippen LogP contribution is 2.37. The summed E-state index contributed by atoms with van der Waals surface area (Å²) in [6, 6.07) is 5.26. The molecule has 180 valence electrons. The van der Waals surface area contributed by atoms with Crippen molar-refractivity contribution in [3.63, 3.8) is 0 Å². The molecular weight excluding hydrogens is 437 g/mol. The molecule has 0 radical (unpaired) electrons. The minimum absolute atomic E-state index is 0.330. The van der Waals surface area contributed by atoms with Gasteiger partial charge in [0.05, 0.1) is 26.0 Å². The summed E-state index contributed by atoms with van der Waals surface area (Å²) in [7, 11) is 0. The van der Waals surface area contributed by atoms with Crippen LogP contribution in [-0.4, -0.2) is 71.8 Å². The number of nitrogens with one attached hydrogen (secondary N) is 1. The maximum Gasteiger partial charge on any atom is 0.168 e. The number of rotatable bonds is 1. The van der Waals surface area contributed by atoms with Gasteiger partial charge in [0.25, 0.3) is 0 Å². The normalized spacial score (nSPS) is 23.0. The van der Waals surface area contributed by atoms with E-state index in [2.05, 4.69) is 15.3 Å². The van der Waals surface area contributed by atoms with E-state index in [1.807, 2.05) is 18.3 Å². The summed E-state index contributed by atoms with van der Waals surface area (Å²) >= 11 is 0. The fourth-order valence-corrected chi connectivity index (χ4v) is 5.43. The molecule has 9 heteroatoms.